The Morgan fingerprint density at radius 2 is 1.94 bits per heavy atom. The number of hydrogen-bond donors (Lipinski definition) is 3. The quantitative estimate of drug-likeness (QED) is 0.743. The molecule has 1 aromatic rings. The van der Waals surface area contributed by atoms with E-state index in [1.807, 2.05) is 6.92 Å². The molecule has 0 aliphatic heterocycles. The highest BCUT2D eigenvalue weighted by Crippen LogP contribution is 2.11. The Hall–Kier alpha value is -2.11. The molecule has 0 saturated heterocycles. The van der Waals surface area contributed by atoms with Gasteiger partial charge >= 0.3 is 6.03 Å². The monoisotopic (exact) mass is 253 g/mol. The Labute approximate surface area is 105 Å². The van der Waals surface area contributed by atoms with Gasteiger partial charge in [0.15, 0.2) is 0 Å². The Bertz CT molecular complexity index is 424. The van der Waals surface area contributed by atoms with Crippen LogP contribution < -0.4 is 16.0 Å². The van der Waals surface area contributed by atoms with Gasteiger partial charge in [0.05, 0.1) is 12.2 Å². The van der Waals surface area contributed by atoms with Crippen LogP contribution in [0.4, 0.5) is 14.9 Å². The molecule has 0 bridgehead atoms. The van der Waals surface area contributed by atoms with Crippen LogP contribution in [0.2, 0.25) is 0 Å². The van der Waals surface area contributed by atoms with E-state index >= 15 is 0 Å². The molecular weight excluding hydrogens is 237 g/mol. The zero-order chi connectivity index (χ0) is 13.4. The van der Waals surface area contributed by atoms with Crippen LogP contribution in [-0.2, 0) is 4.79 Å². The average Bonchev–Trinajstić information content (AvgIpc) is 2.36. The zero-order valence-corrected chi connectivity index (χ0v) is 10.1. The van der Waals surface area contributed by atoms with Gasteiger partial charge in [0, 0.05) is 6.54 Å². The summed E-state index contributed by atoms with van der Waals surface area (Å²) in [5.41, 5.74) is 0.0731. The van der Waals surface area contributed by atoms with E-state index < -0.39 is 11.8 Å². The van der Waals surface area contributed by atoms with Gasteiger partial charge in [-0.3, -0.25) is 4.79 Å². The van der Waals surface area contributed by atoms with Crippen LogP contribution in [-0.4, -0.2) is 25.0 Å². The minimum absolute atomic E-state index is 0.0731. The normalized spacial score (nSPS) is 9.67. The Morgan fingerprint density at radius 3 is 2.61 bits per heavy atom. The molecule has 1 rings (SSSR count). The fourth-order valence-corrected chi connectivity index (χ4v) is 1.22. The molecule has 0 fully saturated rings. The zero-order valence-electron chi connectivity index (χ0n) is 10.1. The maximum Gasteiger partial charge on any atom is 0.319 e. The number of anilines is 1. The molecular formula is C12H16FN3O2. The van der Waals surface area contributed by atoms with Gasteiger partial charge in [-0.2, -0.15) is 0 Å². The standard InChI is InChI=1S/C12H16FN3O2/c1-2-7-14-11(17)8-15-12(18)16-10-6-4-3-5-9(10)13/h3-6H,2,7-8H2,1H3,(H,14,17)(H2,15,16,18). The smallest absolute Gasteiger partial charge is 0.319 e. The maximum absolute atomic E-state index is 13.2. The Kier molecular flexibility index (Phi) is 5.63. The highest BCUT2D eigenvalue weighted by atomic mass is 19.1. The van der Waals surface area contributed by atoms with Gasteiger partial charge in [-0.25, -0.2) is 9.18 Å². The lowest BCUT2D eigenvalue weighted by Gasteiger charge is -2.08. The van der Waals surface area contributed by atoms with Crippen molar-refractivity contribution in [2.75, 3.05) is 18.4 Å². The van der Waals surface area contributed by atoms with E-state index in [2.05, 4.69) is 16.0 Å². The van der Waals surface area contributed by atoms with Crippen molar-refractivity contribution in [2.45, 2.75) is 13.3 Å². The van der Waals surface area contributed by atoms with Crippen LogP contribution in [0, 0.1) is 5.82 Å². The van der Waals surface area contributed by atoms with Crippen molar-refractivity contribution in [3.8, 4) is 0 Å². The third kappa shape index (κ3) is 4.82. The average molecular weight is 253 g/mol. The number of para-hydroxylation sites is 1. The fraction of sp³-hybridized carbons (Fsp3) is 0.333. The molecule has 0 spiro atoms. The Balaban J connectivity index is 2.34. The van der Waals surface area contributed by atoms with Gasteiger partial charge in [-0.1, -0.05) is 19.1 Å². The van der Waals surface area contributed by atoms with Crippen molar-refractivity contribution >= 4 is 17.6 Å². The van der Waals surface area contributed by atoms with E-state index in [0.717, 1.165) is 6.42 Å². The number of carbonyl (C=O) groups excluding carboxylic acids is 2. The maximum atomic E-state index is 13.2. The minimum atomic E-state index is -0.619. The van der Waals surface area contributed by atoms with Gasteiger partial charge in [0.25, 0.3) is 0 Å². The molecule has 0 aromatic heterocycles. The first-order chi connectivity index (χ1) is 8.63. The summed E-state index contributed by atoms with van der Waals surface area (Å²) >= 11 is 0. The lowest BCUT2D eigenvalue weighted by atomic mass is 10.3. The van der Waals surface area contributed by atoms with Gasteiger partial charge in [-0.05, 0) is 18.6 Å². The molecule has 0 heterocycles. The van der Waals surface area contributed by atoms with E-state index in [9.17, 15) is 14.0 Å². The van der Waals surface area contributed by atoms with Crippen molar-refractivity contribution in [3.05, 3.63) is 30.1 Å². The molecule has 0 saturated carbocycles. The van der Waals surface area contributed by atoms with Crippen molar-refractivity contribution in [2.24, 2.45) is 0 Å². The van der Waals surface area contributed by atoms with E-state index in [4.69, 9.17) is 0 Å². The summed E-state index contributed by atoms with van der Waals surface area (Å²) in [6.45, 7) is 2.36. The van der Waals surface area contributed by atoms with Crippen LogP contribution >= 0.6 is 0 Å². The molecule has 5 nitrogen and oxygen atoms in total. The number of benzene rings is 1. The van der Waals surface area contributed by atoms with E-state index in [-0.39, 0.29) is 18.1 Å². The predicted octanol–water partition coefficient (Wildman–Crippen LogP) is 1.47. The van der Waals surface area contributed by atoms with Crippen LogP contribution in [0.1, 0.15) is 13.3 Å². The summed E-state index contributed by atoms with van der Waals surface area (Å²) in [7, 11) is 0. The van der Waals surface area contributed by atoms with Crippen LogP contribution in [0.25, 0.3) is 0 Å². The summed E-state index contributed by atoms with van der Waals surface area (Å²) in [6.07, 6.45) is 0.827. The summed E-state index contributed by atoms with van der Waals surface area (Å²) in [5, 5.41) is 7.26. The lowest BCUT2D eigenvalue weighted by molar-refractivity contribution is -0.120. The summed E-state index contributed by atoms with van der Waals surface area (Å²) in [6, 6.07) is 5.19. The lowest BCUT2D eigenvalue weighted by Crippen LogP contribution is -2.39. The third-order valence-corrected chi connectivity index (χ3v) is 2.10. The molecule has 98 valence electrons. The number of rotatable bonds is 5. The van der Waals surface area contributed by atoms with Gasteiger partial charge in [-0.15, -0.1) is 0 Å². The number of hydrogen-bond acceptors (Lipinski definition) is 2. The van der Waals surface area contributed by atoms with Crippen LogP contribution in [0.5, 0.6) is 0 Å². The highest BCUT2D eigenvalue weighted by molar-refractivity contribution is 5.92. The molecule has 0 unspecified atom stereocenters. The molecule has 0 aliphatic carbocycles. The second kappa shape index (κ2) is 7.26. The van der Waals surface area contributed by atoms with Gasteiger partial charge in [0.2, 0.25) is 5.91 Å². The summed E-state index contributed by atoms with van der Waals surface area (Å²) in [4.78, 5) is 22.6. The first kappa shape index (κ1) is 14.0. The van der Waals surface area contributed by atoms with Crippen LogP contribution in [0.3, 0.4) is 0 Å². The third-order valence-electron chi connectivity index (χ3n) is 2.10. The number of carbonyl (C=O) groups is 2. The SMILES string of the molecule is CCCNC(=O)CNC(=O)Nc1ccccc1F. The number of nitrogens with one attached hydrogen (secondary N) is 3. The molecule has 0 atom stereocenters. The van der Waals surface area contributed by atoms with Crippen LogP contribution in [0.15, 0.2) is 24.3 Å². The molecule has 18 heavy (non-hydrogen) atoms. The molecule has 1 aromatic carbocycles. The van der Waals surface area contributed by atoms with Crippen molar-refractivity contribution < 1.29 is 14.0 Å². The van der Waals surface area contributed by atoms with Crippen molar-refractivity contribution in [3.63, 3.8) is 0 Å². The van der Waals surface area contributed by atoms with Crippen molar-refractivity contribution in [1.29, 1.82) is 0 Å². The molecule has 3 amide bonds. The predicted molar refractivity (Wildman–Crippen MR) is 66.7 cm³/mol. The van der Waals surface area contributed by atoms with E-state index in [0.29, 0.717) is 6.54 Å². The fourth-order valence-electron chi connectivity index (χ4n) is 1.22. The van der Waals surface area contributed by atoms with E-state index in [1.54, 1.807) is 6.07 Å². The minimum Gasteiger partial charge on any atom is -0.355 e. The number of amides is 3. The number of urea groups is 1. The molecule has 0 aliphatic rings. The van der Waals surface area contributed by atoms with E-state index in [1.165, 1.54) is 18.2 Å². The second-order valence-corrected chi connectivity index (χ2v) is 3.64. The second-order valence-electron chi connectivity index (χ2n) is 3.64. The van der Waals surface area contributed by atoms with Crippen molar-refractivity contribution in [1.82, 2.24) is 10.6 Å². The largest absolute Gasteiger partial charge is 0.355 e. The summed E-state index contributed by atoms with van der Waals surface area (Å²) in [5.74, 6) is -0.802. The first-order valence-corrected chi connectivity index (χ1v) is 5.69. The topological polar surface area (TPSA) is 70.2 Å². The van der Waals surface area contributed by atoms with Gasteiger partial charge < -0.3 is 16.0 Å². The molecule has 6 heteroatoms. The number of halogens is 1. The molecule has 3 N–H and O–H groups in total. The first-order valence-electron chi connectivity index (χ1n) is 5.69. The summed E-state index contributed by atoms with van der Waals surface area (Å²) < 4.78 is 13.2. The molecule has 0 radical (unpaired) electrons. The Morgan fingerprint density at radius 1 is 1.22 bits per heavy atom. The highest BCUT2D eigenvalue weighted by Gasteiger charge is 2.07. The van der Waals surface area contributed by atoms with Gasteiger partial charge in [0.1, 0.15) is 5.82 Å².